The highest BCUT2D eigenvalue weighted by molar-refractivity contribution is 9.11. The molecule has 0 unspecified atom stereocenters. The molecule has 0 aliphatic heterocycles. The smallest absolute Gasteiger partial charge is 0.271 e. The molecule has 4 rings (SSSR count). The summed E-state index contributed by atoms with van der Waals surface area (Å²) in [6.07, 6.45) is 1.61. The predicted molar refractivity (Wildman–Crippen MR) is 132 cm³/mol. The van der Waals surface area contributed by atoms with Crippen LogP contribution in [0.5, 0.6) is 5.75 Å². The Morgan fingerprint density at radius 1 is 0.903 bits per heavy atom. The van der Waals surface area contributed by atoms with E-state index >= 15 is 0 Å². The van der Waals surface area contributed by atoms with Gasteiger partial charge in [-0.05, 0) is 64.9 Å². The number of hydrogen-bond donors (Lipinski definition) is 1. The third-order valence-electron chi connectivity index (χ3n) is 4.68. The van der Waals surface area contributed by atoms with E-state index in [1.807, 2.05) is 78.9 Å². The highest BCUT2D eigenvalue weighted by Gasteiger charge is 2.05. The first kappa shape index (κ1) is 21.3. The van der Waals surface area contributed by atoms with Crippen molar-refractivity contribution >= 4 is 54.8 Å². The van der Waals surface area contributed by atoms with E-state index in [2.05, 4.69) is 42.4 Å². The standard InChI is InChI=1S/C25H18Br2N2O2/c26-22-10-9-21(24(27)14-22)16-31-23-11-5-17(6-12-23)15-28-29-25(30)20-8-7-18-3-1-2-4-19(18)13-20/h1-15H,16H2,(H,29,30)/b28-15-. The summed E-state index contributed by atoms with van der Waals surface area (Å²) in [7, 11) is 0. The molecular weight excluding hydrogens is 520 g/mol. The quantitative estimate of drug-likeness (QED) is 0.219. The minimum absolute atomic E-state index is 0.248. The molecular formula is C25H18Br2N2O2. The highest BCUT2D eigenvalue weighted by atomic mass is 79.9. The topological polar surface area (TPSA) is 50.7 Å². The van der Waals surface area contributed by atoms with Crippen LogP contribution >= 0.6 is 31.9 Å². The zero-order valence-electron chi connectivity index (χ0n) is 16.4. The van der Waals surface area contributed by atoms with Crippen molar-refractivity contribution in [2.24, 2.45) is 5.10 Å². The molecule has 4 aromatic carbocycles. The molecule has 0 fully saturated rings. The maximum absolute atomic E-state index is 12.3. The van der Waals surface area contributed by atoms with Crippen molar-refractivity contribution < 1.29 is 9.53 Å². The molecule has 0 bridgehead atoms. The van der Waals surface area contributed by atoms with Gasteiger partial charge in [0, 0.05) is 20.1 Å². The lowest BCUT2D eigenvalue weighted by molar-refractivity contribution is 0.0955. The maximum atomic E-state index is 12.3. The molecule has 0 saturated heterocycles. The Morgan fingerprint density at radius 3 is 2.45 bits per heavy atom. The van der Waals surface area contributed by atoms with Crippen molar-refractivity contribution in [3.8, 4) is 5.75 Å². The Labute approximate surface area is 197 Å². The lowest BCUT2D eigenvalue weighted by Crippen LogP contribution is -2.17. The van der Waals surface area contributed by atoms with Crippen LogP contribution in [0.1, 0.15) is 21.5 Å². The molecule has 6 heteroatoms. The fraction of sp³-hybridized carbons (Fsp3) is 0.0400. The average molecular weight is 538 g/mol. The maximum Gasteiger partial charge on any atom is 0.271 e. The Balaban J connectivity index is 1.33. The Kier molecular flexibility index (Phi) is 6.79. The van der Waals surface area contributed by atoms with Gasteiger partial charge in [0.25, 0.3) is 5.91 Å². The molecule has 154 valence electrons. The van der Waals surface area contributed by atoms with Crippen LogP contribution in [-0.2, 0) is 6.61 Å². The predicted octanol–water partition coefficient (Wildman–Crippen LogP) is 6.71. The molecule has 0 saturated carbocycles. The number of rotatable bonds is 6. The molecule has 1 amide bonds. The molecule has 0 spiro atoms. The highest BCUT2D eigenvalue weighted by Crippen LogP contribution is 2.23. The van der Waals surface area contributed by atoms with Gasteiger partial charge < -0.3 is 4.74 Å². The van der Waals surface area contributed by atoms with Crippen molar-refractivity contribution in [3.05, 3.63) is 111 Å². The largest absolute Gasteiger partial charge is 0.489 e. The van der Waals surface area contributed by atoms with E-state index < -0.39 is 0 Å². The summed E-state index contributed by atoms with van der Waals surface area (Å²) in [4.78, 5) is 12.3. The van der Waals surface area contributed by atoms with Gasteiger partial charge in [0.1, 0.15) is 12.4 Å². The molecule has 31 heavy (non-hydrogen) atoms. The summed E-state index contributed by atoms with van der Waals surface area (Å²) >= 11 is 6.98. The summed E-state index contributed by atoms with van der Waals surface area (Å²) in [5.74, 6) is 0.509. The van der Waals surface area contributed by atoms with Gasteiger partial charge in [-0.3, -0.25) is 4.79 Å². The molecule has 0 atom stereocenters. The molecule has 0 radical (unpaired) electrons. The van der Waals surface area contributed by atoms with Crippen LogP contribution < -0.4 is 10.2 Å². The number of amides is 1. The first-order valence-electron chi connectivity index (χ1n) is 9.57. The number of nitrogens with one attached hydrogen (secondary N) is 1. The Bertz CT molecular complexity index is 1250. The van der Waals surface area contributed by atoms with Crippen LogP contribution in [0.25, 0.3) is 10.8 Å². The van der Waals surface area contributed by atoms with Gasteiger partial charge in [-0.15, -0.1) is 0 Å². The molecule has 1 N–H and O–H groups in total. The van der Waals surface area contributed by atoms with Crippen molar-refractivity contribution in [2.75, 3.05) is 0 Å². The number of carbonyl (C=O) groups is 1. The van der Waals surface area contributed by atoms with Gasteiger partial charge in [0.15, 0.2) is 0 Å². The van der Waals surface area contributed by atoms with Crippen LogP contribution in [0.2, 0.25) is 0 Å². The lowest BCUT2D eigenvalue weighted by atomic mass is 10.1. The van der Waals surface area contributed by atoms with Crippen LogP contribution in [0, 0.1) is 0 Å². The van der Waals surface area contributed by atoms with Gasteiger partial charge in [-0.2, -0.15) is 5.10 Å². The first-order chi connectivity index (χ1) is 15.1. The average Bonchev–Trinajstić information content (AvgIpc) is 2.79. The zero-order chi connectivity index (χ0) is 21.6. The van der Waals surface area contributed by atoms with E-state index in [0.717, 1.165) is 36.6 Å². The fourth-order valence-electron chi connectivity index (χ4n) is 3.01. The number of benzene rings is 4. The lowest BCUT2D eigenvalue weighted by Gasteiger charge is -2.08. The number of fused-ring (bicyclic) bond motifs is 1. The second-order valence-corrected chi connectivity index (χ2v) is 8.62. The molecule has 0 heterocycles. The summed E-state index contributed by atoms with van der Waals surface area (Å²) < 4.78 is 7.85. The SMILES string of the molecule is O=C(N/N=C\c1ccc(OCc2ccc(Br)cc2Br)cc1)c1ccc2ccccc2c1. The molecule has 4 aromatic rings. The van der Waals surface area contributed by atoms with Crippen LogP contribution in [0.4, 0.5) is 0 Å². The van der Waals surface area contributed by atoms with Gasteiger partial charge in [-0.25, -0.2) is 5.43 Å². The van der Waals surface area contributed by atoms with E-state index in [-0.39, 0.29) is 5.91 Å². The monoisotopic (exact) mass is 536 g/mol. The van der Waals surface area contributed by atoms with E-state index in [4.69, 9.17) is 4.74 Å². The number of nitrogens with zero attached hydrogens (tertiary/aromatic N) is 1. The summed E-state index contributed by atoms with van der Waals surface area (Å²) in [6.45, 7) is 0.461. The van der Waals surface area contributed by atoms with Crippen LogP contribution in [0.15, 0.2) is 99.0 Å². The van der Waals surface area contributed by atoms with Crippen molar-refractivity contribution in [1.29, 1.82) is 0 Å². The van der Waals surface area contributed by atoms with E-state index in [0.29, 0.717) is 12.2 Å². The van der Waals surface area contributed by atoms with Gasteiger partial charge in [-0.1, -0.05) is 68.3 Å². The third kappa shape index (κ3) is 5.60. The van der Waals surface area contributed by atoms with E-state index in [1.54, 1.807) is 12.3 Å². The van der Waals surface area contributed by atoms with E-state index in [1.165, 1.54) is 0 Å². The van der Waals surface area contributed by atoms with Crippen LogP contribution in [0.3, 0.4) is 0 Å². The van der Waals surface area contributed by atoms with Gasteiger partial charge in [0.2, 0.25) is 0 Å². The number of ether oxygens (including phenoxy) is 1. The number of hydrogen-bond acceptors (Lipinski definition) is 3. The van der Waals surface area contributed by atoms with Gasteiger partial charge >= 0.3 is 0 Å². The summed E-state index contributed by atoms with van der Waals surface area (Å²) in [5.41, 5.74) is 5.06. The minimum Gasteiger partial charge on any atom is -0.489 e. The van der Waals surface area contributed by atoms with Crippen molar-refractivity contribution in [1.82, 2.24) is 5.43 Å². The minimum atomic E-state index is -0.248. The van der Waals surface area contributed by atoms with E-state index in [9.17, 15) is 4.79 Å². The number of hydrazone groups is 1. The molecule has 0 aliphatic carbocycles. The summed E-state index contributed by atoms with van der Waals surface area (Å²) in [6, 6.07) is 27.0. The third-order valence-corrected chi connectivity index (χ3v) is 5.91. The van der Waals surface area contributed by atoms with Crippen molar-refractivity contribution in [2.45, 2.75) is 6.61 Å². The second kappa shape index (κ2) is 9.90. The number of halogens is 2. The summed E-state index contributed by atoms with van der Waals surface area (Å²) in [5, 5.41) is 6.18. The molecule has 4 nitrogen and oxygen atoms in total. The molecule has 0 aromatic heterocycles. The fourth-order valence-corrected chi connectivity index (χ4v) is 4.17. The van der Waals surface area contributed by atoms with Gasteiger partial charge in [0.05, 0.1) is 6.21 Å². The second-order valence-electron chi connectivity index (χ2n) is 6.85. The molecule has 0 aliphatic rings. The number of carbonyl (C=O) groups excluding carboxylic acids is 1. The Morgan fingerprint density at radius 2 is 1.68 bits per heavy atom. The van der Waals surface area contributed by atoms with Crippen LogP contribution in [-0.4, -0.2) is 12.1 Å². The van der Waals surface area contributed by atoms with Crippen molar-refractivity contribution in [3.63, 3.8) is 0 Å². The first-order valence-corrected chi connectivity index (χ1v) is 11.2. The Hall–Kier alpha value is -2.96. The normalized spacial score (nSPS) is 11.0. The zero-order valence-corrected chi connectivity index (χ0v) is 19.6.